The van der Waals surface area contributed by atoms with Crippen LogP contribution in [0.3, 0.4) is 0 Å². The third-order valence-corrected chi connectivity index (χ3v) is 1.76. The van der Waals surface area contributed by atoms with Gasteiger partial charge in [0.1, 0.15) is 6.10 Å². The summed E-state index contributed by atoms with van der Waals surface area (Å²) in [5.74, 6) is -1.31. The Morgan fingerprint density at radius 2 is 2.36 bits per heavy atom. The number of allylic oxidation sites excluding steroid dienone is 3. The third-order valence-electron chi connectivity index (χ3n) is 1.76. The highest BCUT2D eigenvalue weighted by Gasteiger charge is 2.19. The van der Waals surface area contributed by atoms with Crippen molar-refractivity contribution < 1.29 is 19.4 Å². The fraction of sp³-hybridized carbons (Fsp3) is 0.200. The minimum absolute atomic E-state index is 0.229. The molecule has 14 heavy (non-hydrogen) atoms. The van der Waals surface area contributed by atoms with Crippen LogP contribution in [0.25, 0.3) is 0 Å². The van der Waals surface area contributed by atoms with Gasteiger partial charge in [0, 0.05) is 18.8 Å². The summed E-state index contributed by atoms with van der Waals surface area (Å²) in [7, 11) is 1.43. The number of rotatable bonds is 3. The molecule has 1 N–H and O–H groups in total. The van der Waals surface area contributed by atoms with Gasteiger partial charge in [-0.1, -0.05) is 12.2 Å². The van der Waals surface area contributed by atoms with Crippen LogP contribution in [0.4, 0.5) is 0 Å². The van der Waals surface area contributed by atoms with Gasteiger partial charge in [0.05, 0.1) is 0 Å². The molecule has 0 saturated heterocycles. The number of carboxylic acids is 1. The molecular formula is C10H10O4. The average Bonchev–Trinajstić information content (AvgIpc) is 2.16. The van der Waals surface area contributed by atoms with E-state index in [1.807, 2.05) is 0 Å². The number of hydrogen-bond donors (Lipinski definition) is 1. The van der Waals surface area contributed by atoms with E-state index in [0.717, 1.165) is 6.08 Å². The molecule has 1 rings (SSSR count). The molecule has 0 aromatic heterocycles. The first-order valence-corrected chi connectivity index (χ1v) is 4.01. The maximum atomic E-state index is 11.5. The highest BCUT2D eigenvalue weighted by Crippen LogP contribution is 2.12. The number of aliphatic carboxylic acids is 1. The summed E-state index contributed by atoms with van der Waals surface area (Å²) in [6, 6.07) is 0. The highest BCUT2D eigenvalue weighted by atomic mass is 16.5. The Balaban J connectivity index is 2.80. The molecule has 0 aromatic carbocycles. The molecule has 0 aromatic rings. The van der Waals surface area contributed by atoms with Crippen LogP contribution < -0.4 is 0 Å². The van der Waals surface area contributed by atoms with Crippen LogP contribution in [0.1, 0.15) is 0 Å². The summed E-state index contributed by atoms with van der Waals surface area (Å²) in [5.41, 5.74) is 0.335. The zero-order chi connectivity index (χ0) is 10.6. The van der Waals surface area contributed by atoms with Gasteiger partial charge in [-0.25, -0.2) is 4.79 Å². The summed E-state index contributed by atoms with van der Waals surface area (Å²) in [4.78, 5) is 21.7. The Labute approximate surface area is 81.2 Å². The first-order chi connectivity index (χ1) is 6.65. The standard InChI is InChI=1S/C10H10O4/c1-14-8-4-2-3-7(10(8)13)5-6-9(11)12/h2-6,8H,1H3,(H,11,12). The zero-order valence-electron chi connectivity index (χ0n) is 7.64. The van der Waals surface area contributed by atoms with Crippen LogP contribution in [0, 0.1) is 0 Å². The van der Waals surface area contributed by atoms with Gasteiger partial charge in [-0.2, -0.15) is 0 Å². The lowest BCUT2D eigenvalue weighted by Gasteiger charge is -2.12. The number of hydrogen-bond acceptors (Lipinski definition) is 3. The van der Waals surface area contributed by atoms with Crippen LogP contribution in [-0.2, 0) is 14.3 Å². The molecule has 4 nitrogen and oxygen atoms in total. The molecule has 0 aliphatic heterocycles. The van der Waals surface area contributed by atoms with E-state index < -0.39 is 12.1 Å². The van der Waals surface area contributed by atoms with E-state index in [1.54, 1.807) is 18.2 Å². The number of ether oxygens (including phenoxy) is 1. The minimum Gasteiger partial charge on any atom is -0.478 e. The largest absolute Gasteiger partial charge is 0.478 e. The van der Waals surface area contributed by atoms with Crippen molar-refractivity contribution in [3.63, 3.8) is 0 Å². The van der Waals surface area contributed by atoms with Crippen molar-refractivity contribution in [2.45, 2.75) is 6.10 Å². The van der Waals surface area contributed by atoms with Gasteiger partial charge in [-0.3, -0.25) is 4.79 Å². The normalized spacial score (nSPS) is 21.4. The second-order valence-corrected chi connectivity index (χ2v) is 2.70. The van der Waals surface area contributed by atoms with E-state index in [1.165, 1.54) is 13.2 Å². The number of ketones is 1. The monoisotopic (exact) mass is 194 g/mol. The van der Waals surface area contributed by atoms with Gasteiger partial charge in [-0.05, 0) is 12.2 Å². The molecule has 0 amide bonds. The molecule has 0 heterocycles. The molecule has 0 radical (unpaired) electrons. The van der Waals surface area contributed by atoms with E-state index >= 15 is 0 Å². The van der Waals surface area contributed by atoms with Crippen molar-refractivity contribution >= 4 is 11.8 Å². The van der Waals surface area contributed by atoms with Gasteiger partial charge in [-0.15, -0.1) is 0 Å². The molecule has 0 saturated carbocycles. The summed E-state index contributed by atoms with van der Waals surface area (Å²) in [6.45, 7) is 0. The molecule has 1 atom stereocenters. The Hall–Kier alpha value is -1.68. The number of methoxy groups -OCH3 is 1. The third kappa shape index (κ3) is 2.40. The number of carbonyl (C=O) groups is 2. The van der Waals surface area contributed by atoms with Crippen molar-refractivity contribution in [3.05, 3.63) is 36.0 Å². The van der Waals surface area contributed by atoms with Crippen LogP contribution in [-0.4, -0.2) is 30.1 Å². The average molecular weight is 194 g/mol. The minimum atomic E-state index is -1.08. The lowest BCUT2D eigenvalue weighted by Crippen LogP contribution is -2.23. The molecule has 4 heteroatoms. The van der Waals surface area contributed by atoms with Crippen LogP contribution >= 0.6 is 0 Å². The van der Waals surface area contributed by atoms with Crippen molar-refractivity contribution in [3.8, 4) is 0 Å². The van der Waals surface area contributed by atoms with E-state index in [-0.39, 0.29) is 5.78 Å². The first kappa shape index (κ1) is 10.4. The molecule has 0 bridgehead atoms. The summed E-state index contributed by atoms with van der Waals surface area (Å²) < 4.78 is 4.88. The first-order valence-electron chi connectivity index (χ1n) is 4.01. The number of Topliss-reactive ketones (excluding diaryl/α,β-unsaturated/α-hetero) is 1. The van der Waals surface area contributed by atoms with Crippen molar-refractivity contribution in [2.75, 3.05) is 7.11 Å². The summed E-state index contributed by atoms with van der Waals surface area (Å²) >= 11 is 0. The molecule has 1 aliphatic rings. The van der Waals surface area contributed by atoms with E-state index in [0.29, 0.717) is 5.57 Å². The van der Waals surface area contributed by atoms with Gasteiger partial charge in [0.15, 0.2) is 5.78 Å². The summed E-state index contributed by atoms with van der Waals surface area (Å²) in [6.07, 6.45) is 6.42. The van der Waals surface area contributed by atoms with Gasteiger partial charge < -0.3 is 9.84 Å². The van der Waals surface area contributed by atoms with Gasteiger partial charge in [0.25, 0.3) is 0 Å². The van der Waals surface area contributed by atoms with Gasteiger partial charge >= 0.3 is 5.97 Å². The molecular weight excluding hydrogens is 184 g/mol. The van der Waals surface area contributed by atoms with Crippen LogP contribution in [0.2, 0.25) is 0 Å². The Morgan fingerprint density at radius 3 is 2.93 bits per heavy atom. The highest BCUT2D eigenvalue weighted by molar-refractivity contribution is 6.04. The molecule has 0 spiro atoms. The second-order valence-electron chi connectivity index (χ2n) is 2.70. The Kier molecular flexibility index (Phi) is 3.36. The SMILES string of the molecule is COC1C=CC=C(C=CC(=O)O)C1=O. The predicted octanol–water partition coefficient (Wildman–Crippen LogP) is 0.708. The predicted molar refractivity (Wildman–Crippen MR) is 49.8 cm³/mol. The van der Waals surface area contributed by atoms with Crippen LogP contribution in [0.5, 0.6) is 0 Å². The lowest BCUT2D eigenvalue weighted by molar-refractivity contribution is -0.131. The van der Waals surface area contributed by atoms with Crippen LogP contribution in [0.15, 0.2) is 36.0 Å². The van der Waals surface area contributed by atoms with E-state index in [4.69, 9.17) is 9.84 Å². The van der Waals surface area contributed by atoms with E-state index in [2.05, 4.69) is 0 Å². The second kappa shape index (κ2) is 4.53. The van der Waals surface area contributed by atoms with Crippen molar-refractivity contribution in [2.24, 2.45) is 0 Å². The van der Waals surface area contributed by atoms with Crippen molar-refractivity contribution in [1.82, 2.24) is 0 Å². The fourth-order valence-electron chi connectivity index (χ4n) is 1.08. The lowest BCUT2D eigenvalue weighted by atomic mass is 10.0. The summed E-state index contributed by atoms with van der Waals surface area (Å²) in [5, 5.41) is 8.38. The topological polar surface area (TPSA) is 63.6 Å². The Bertz CT molecular complexity index is 336. The zero-order valence-corrected chi connectivity index (χ0v) is 7.64. The van der Waals surface area contributed by atoms with E-state index in [9.17, 15) is 9.59 Å². The maximum absolute atomic E-state index is 11.5. The fourth-order valence-corrected chi connectivity index (χ4v) is 1.08. The van der Waals surface area contributed by atoms with Crippen molar-refractivity contribution in [1.29, 1.82) is 0 Å². The maximum Gasteiger partial charge on any atom is 0.328 e. The molecule has 0 fully saturated rings. The number of carbonyl (C=O) groups excluding carboxylic acids is 1. The number of carboxylic acid groups (broad SMARTS) is 1. The Morgan fingerprint density at radius 1 is 1.64 bits per heavy atom. The molecule has 1 aliphatic carbocycles. The molecule has 74 valence electrons. The quantitative estimate of drug-likeness (QED) is 0.672. The smallest absolute Gasteiger partial charge is 0.328 e. The molecule has 1 unspecified atom stereocenters. The van der Waals surface area contributed by atoms with Gasteiger partial charge in [0.2, 0.25) is 0 Å².